The fraction of sp³-hybridized carbons (Fsp3) is 0.167. The van der Waals surface area contributed by atoms with Gasteiger partial charge in [-0.15, -0.1) is 17.8 Å². The molecule has 0 aliphatic rings. The van der Waals surface area contributed by atoms with Gasteiger partial charge in [-0.25, -0.2) is 0 Å². The Morgan fingerprint density at radius 3 is 2.67 bits per heavy atom. The first-order valence-electron chi connectivity index (χ1n) is 2.36. The van der Waals surface area contributed by atoms with Crippen molar-refractivity contribution in [2.24, 2.45) is 0 Å². The van der Waals surface area contributed by atoms with Crippen LogP contribution < -0.4 is 5.56 Å². The molecule has 0 atom stereocenters. The van der Waals surface area contributed by atoms with Crippen LogP contribution in [0.25, 0.3) is 0 Å². The van der Waals surface area contributed by atoms with Crippen LogP contribution in [0.1, 0.15) is 5.56 Å². The molecule has 0 unspecified atom stereocenters. The van der Waals surface area contributed by atoms with Crippen LogP contribution in [0.5, 0.6) is 0 Å². The van der Waals surface area contributed by atoms with E-state index in [1.165, 1.54) is 6.07 Å². The van der Waals surface area contributed by atoms with Gasteiger partial charge in [-0.05, 0) is 0 Å². The van der Waals surface area contributed by atoms with Crippen molar-refractivity contribution >= 4 is 0 Å². The molecule has 1 N–H and O–H groups in total. The standard InChI is InChI=1S/C6H6NO.Y/c1-5-2-3-6(8)7-4-5;/h3-4H,1H3,(H,7,8);/q-1;. The molecule has 1 aromatic rings. The maximum absolute atomic E-state index is 10.3. The Morgan fingerprint density at radius 2 is 2.33 bits per heavy atom. The second kappa shape index (κ2) is 3.96. The van der Waals surface area contributed by atoms with Crippen LogP contribution in [0.2, 0.25) is 0 Å². The summed E-state index contributed by atoms with van der Waals surface area (Å²) in [5, 5.41) is 0. The predicted octanol–water partition coefficient (Wildman–Crippen LogP) is 0.481. The number of rotatable bonds is 0. The Balaban J connectivity index is 0.000000640. The van der Waals surface area contributed by atoms with Gasteiger partial charge in [0.25, 0.3) is 0 Å². The largest absolute Gasteiger partial charge is 0.434 e. The molecule has 0 spiro atoms. The van der Waals surface area contributed by atoms with Crippen molar-refractivity contribution in [2.75, 3.05) is 0 Å². The Bertz CT molecular complexity index is 210. The first-order valence-corrected chi connectivity index (χ1v) is 2.36. The summed E-state index contributed by atoms with van der Waals surface area (Å²) in [6.45, 7) is 1.87. The van der Waals surface area contributed by atoms with Crippen molar-refractivity contribution in [2.45, 2.75) is 6.92 Å². The molecule has 0 aliphatic carbocycles. The average Bonchev–Trinajstić information content (AvgIpc) is 1.77. The van der Waals surface area contributed by atoms with Crippen LogP contribution in [0.4, 0.5) is 0 Å². The molecule has 2 nitrogen and oxygen atoms in total. The topological polar surface area (TPSA) is 32.9 Å². The summed E-state index contributed by atoms with van der Waals surface area (Å²) in [4.78, 5) is 12.8. The second-order valence-electron chi connectivity index (χ2n) is 1.62. The number of nitrogens with one attached hydrogen (secondary N) is 1. The molecule has 0 aliphatic heterocycles. The summed E-state index contributed by atoms with van der Waals surface area (Å²) >= 11 is 0. The molecule has 0 amide bonds. The van der Waals surface area contributed by atoms with Crippen LogP contribution in [-0.4, -0.2) is 4.98 Å². The molecule has 1 rings (SSSR count). The number of H-pyrrole nitrogens is 1. The number of aryl methyl sites for hydroxylation is 1. The normalized spacial score (nSPS) is 8.11. The summed E-state index contributed by atoms with van der Waals surface area (Å²) in [6.07, 6.45) is 1.63. The zero-order chi connectivity index (χ0) is 5.98. The van der Waals surface area contributed by atoms with E-state index in [4.69, 9.17) is 0 Å². The summed E-state index contributed by atoms with van der Waals surface area (Å²) in [5.74, 6) is 0. The Labute approximate surface area is 78.6 Å². The quantitative estimate of drug-likeness (QED) is 0.603. The van der Waals surface area contributed by atoms with Crippen molar-refractivity contribution in [1.82, 2.24) is 4.98 Å². The molecule has 0 fully saturated rings. The maximum Gasteiger partial charge on any atom is 0.133 e. The number of aromatic nitrogens is 1. The molecular weight excluding hydrogens is 191 g/mol. The van der Waals surface area contributed by atoms with E-state index in [1.807, 2.05) is 6.92 Å². The van der Waals surface area contributed by atoms with Crippen molar-refractivity contribution in [1.29, 1.82) is 0 Å². The van der Waals surface area contributed by atoms with Gasteiger partial charge in [-0.3, -0.25) is 0 Å². The Kier molecular flexibility index (Phi) is 3.99. The number of hydrogen-bond donors (Lipinski definition) is 1. The van der Waals surface area contributed by atoms with E-state index >= 15 is 0 Å². The van der Waals surface area contributed by atoms with E-state index in [2.05, 4.69) is 11.1 Å². The fourth-order valence-electron chi connectivity index (χ4n) is 0.442. The van der Waals surface area contributed by atoms with Gasteiger partial charge in [0, 0.05) is 32.7 Å². The molecular formula is C6H6NOY-. The maximum atomic E-state index is 10.3. The van der Waals surface area contributed by atoms with Crippen LogP contribution in [0, 0.1) is 13.0 Å². The molecule has 3 heteroatoms. The van der Waals surface area contributed by atoms with Crippen molar-refractivity contribution in [3.63, 3.8) is 0 Å². The van der Waals surface area contributed by atoms with Gasteiger partial charge in [0.05, 0.1) is 0 Å². The van der Waals surface area contributed by atoms with Crippen LogP contribution in [0.3, 0.4) is 0 Å². The second-order valence-corrected chi connectivity index (χ2v) is 1.62. The van der Waals surface area contributed by atoms with Crippen LogP contribution in [-0.2, 0) is 32.7 Å². The molecule has 0 bridgehead atoms. The van der Waals surface area contributed by atoms with E-state index in [0.717, 1.165) is 5.56 Å². The summed E-state index contributed by atoms with van der Waals surface area (Å²) < 4.78 is 0. The SMILES string of the molecule is Cc1[c-]cc(=O)[nH]c1.[Y]. The summed E-state index contributed by atoms with van der Waals surface area (Å²) in [6, 6.07) is 4.14. The van der Waals surface area contributed by atoms with Gasteiger partial charge >= 0.3 is 0 Å². The zero-order valence-electron chi connectivity index (χ0n) is 5.14. The molecule has 0 aromatic carbocycles. The van der Waals surface area contributed by atoms with E-state index in [1.54, 1.807) is 6.20 Å². The van der Waals surface area contributed by atoms with E-state index < -0.39 is 0 Å². The molecule has 0 saturated carbocycles. The third kappa shape index (κ3) is 2.92. The first-order chi connectivity index (χ1) is 3.79. The van der Waals surface area contributed by atoms with Crippen molar-refractivity contribution in [3.8, 4) is 0 Å². The third-order valence-electron chi connectivity index (χ3n) is 0.862. The van der Waals surface area contributed by atoms with E-state index in [9.17, 15) is 4.79 Å². The summed E-state index contributed by atoms with van der Waals surface area (Å²) in [7, 11) is 0. The zero-order valence-corrected chi connectivity index (χ0v) is 7.98. The number of aromatic amines is 1. The van der Waals surface area contributed by atoms with E-state index in [-0.39, 0.29) is 38.3 Å². The van der Waals surface area contributed by atoms with Gasteiger partial charge < -0.3 is 9.78 Å². The minimum atomic E-state index is -0.101. The van der Waals surface area contributed by atoms with Gasteiger partial charge in [-0.2, -0.15) is 6.07 Å². The average molecular weight is 197 g/mol. The number of pyridine rings is 1. The molecule has 1 aromatic heterocycles. The summed E-state index contributed by atoms with van der Waals surface area (Å²) in [5.41, 5.74) is 0.847. The van der Waals surface area contributed by atoms with Gasteiger partial charge in [-0.1, -0.05) is 6.92 Å². The van der Waals surface area contributed by atoms with Crippen LogP contribution in [0.15, 0.2) is 17.1 Å². The Morgan fingerprint density at radius 1 is 1.67 bits per heavy atom. The minimum absolute atomic E-state index is 0. The molecule has 1 heterocycles. The molecule has 9 heavy (non-hydrogen) atoms. The fourth-order valence-corrected chi connectivity index (χ4v) is 0.442. The third-order valence-corrected chi connectivity index (χ3v) is 0.862. The van der Waals surface area contributed by atoms with Crippen molar-refractivity contribution < 1.29 is 32.7 Å². The monoisotopic (exact) mass is 197 g/mol. The predicted molar refractivity (Wildman–Crippen MR) is 30.6 cm³/mol. The van der Waals surface area contributed by atoms with E-state index in [0.29, 0.717) is 0 Å². The molecule has 0 saturated heterocycles. The van der Waals surface area contributed by atoms with Crippen molar-refractivity contribution in [3.05, 3.63) is 34.2 Å². The van der Waals surface area contributed by atoms with Gasteiger partial charge in [0.1, 0.15) is 5.56 Å². The first kappa shape index (κ1) is 9.05. The minimum Gasteiger partial charge on any atom is -0.434 e. The Hall–Kier alpha value is 0.0539. The molecule has 45 valence electrons. The van der Waals surface area contributed by atoms with Gasteiger partial charge in [0.15, 0.2) is 0 Å². The smallest absolute Gasteiger partial charge is 0.133 e. The molecule has 1 radical (unpaired) electrons. The van der Waals surface area contributed by atoms with Gasteiger partial charge in [0.2, 0.25) is 0 Å². The van der Waals surface area contributed by atoms with Crippen LogP contribution >= 0.6 is 0 Å². The number of hydrogen-bond acceptors (Lipinski definition) is 1.